The van der Waals surface area contributed by atoms with E-state index in [1.54, 1.807) is 0 Å². The molecule has 2 aliphatic heterocycles. The first-order chi connectivity index (χ1) is 19.8. The fourth-order valence-corrected chi connectivity index (χ4v) is 4.62. The molecule has 2 fully saturated rings. The van der Waals surface area contributed by atoms with Crippen molar-refractivity contribution < 1.29 is 43.2 Å². The molecule has 0 radical (unpaired) electrons. The summed E-state index contributed by atoms with van der Waals surface area (Å²) in [6.45, 7) is 4.85. The molecule has 41 heavy (non-hydrogen) atoms. The fourth-order valence-electron chi connectivity index (χ4n) is 4.62. The van der Waals surface area contributed by atoms with Crippen LogP contribution in [0.15, 0.2) is 0 Å². The molecule has 0 saturated carbocycles. The van der Waals surface area contributed by atoms with Gasteiger partial charge in [0.2, 0.25) is 17.7 Å². The van der Waals surface area contributed by atoms with Gasteiger partial charge in [0.05, 0.1) is 45.1 Å². The third kappa shape index (κ3) is 16.2. The van der Waals surface area contributed by atoms with E-state index < -0.39 is 12.4 Å². The first kappa shape index (κ1) is 35.0. The maximum Gasteiger partial charge on any atom is 0.234 e. The molecule has 0 spiro atoms. The Morgan fingerprint density at radius 3 is 2.05 bits per heavy atom. The Hall–Kier alpha value is -2.16. The van der Waals surface area contributed by atoms with Crippen molar-refractivity contribution in [2.24, 2.45) is 0 Å². The van der Waals surface area contributed by atoms with Gasteiger partial charge in [0.1, 0.15) is 12.4 Å². The number of hydrogen-bond acceptors (Lipinski definition) is 10. The van der Waals surface area contributed by atoms with Crippen molar-refractivity contribution >= 4 is 24.0 Å². The number of amides is 3. The molecule has 0 aliphatic carbocycles. The first-order valence-electron chi connectivity index (χ1n) is 14.9. The summed E-state index contributed by atoms with van der Waals surface area (Å²) in [5, 5.41) is 18.3. The highest BCUT2D eigenvalue weighted by Crippen LogP contribution is 2.20. The van der Waals surface area contributed by atoms with Crippen molar-refractivity contribution in [2.45, 2.75) is 103 Å². The highest BCUT2D eigenvalue weighted by molar-refractivity contribution is 5.84. The predicted octanol–water partition coefficient (Wildman–Crippen LogP) is 0.231. The van der Waals surface area contributed by atoms with Gasteiger partial charge < -0.3 is 44.8 Å². The molecule has 0 aromatic carbocycles. The molecule has 2 saturated heterocycles. The van der Waals surface area contributed by atoms with E-state index in [1.807, 2.05) is 13.8 Å². The number of hydrogen-bond donors (Lipinski definition) is 4. The molecule has 0 unspecified atom stereocenters. The molecule has 5 atom stereocenters. The number of aliphatic hydroxyl groups is 1. The van der Waals surface area contributed by atoms with Gasteiger partial charge in [0.15, 0.2) is 12.6 Å². The van der Waals surface area contributed by atoms with E-state index in [2.05, 4.69) is 16.0 Å². The normalized spacial score (nSPS) is 24.5. The molecule has 4 N–H and O–H groups in total. The number of ether oxygens (including phenoxy) is 4. The van der Waals surface area contributed by atoms with Crippen LogP contribution in [0.5, 0.6) is 0 Å². The zero-order valence-corrected chi connectivity index (χ0v) is 24.6. The van der Waals surface area contributed by atoms with E-state index in [-0.39, 0.29) is 75.6 Å². The maximum absolute atomic E-state index is 12.6. The lowest BCUT2D eigenvalue weighted by molar-refractivity contribution is -0.235. The molecule has 236 valence electrons. The quantitative estimate of drug-likeness (QED) is 0.115. The predicted molar refractivity (Wildman–Crippen MR) is 150 cm³/mol. The van der Waals surface area contributed by atoms with Crippen LogP contribution in [-0.2, 0) is 38.1 Å². The first-order valence-corrected chi connectivity index (χ1v) is 14.9. The molecule has 0 aromatic heterocycles. The number of aliphatic hydroxyl groups excluding tert-OH is 1. The zero-order chi connectivity index (χ0) is 29.9. The minimum Gasteiger partial charge on any atom is -0.388 e. The average Bonchev–Trinajstić information content (AvgIpc) is 2.93. The van der Waals surface area contributed by atoms with Gasteiger partial charge in [0.25, 0.3) is 0 Å². The highest BCUT2D eigenvalue weighted by Gasteiger charge is 2.28. The van der Waals surface area contributed by atoms with E-state index in [9.17, 15) is 24.3 Å². The molecule has 2 aliphatic rings. The van der Waals surface area contributed by atoms with Crippen LogP contribution in [0, 0.1) is 0 Å². The second kappa shape index (κ2) is 20.7. The van der Waals surface area contributed by atoms with Crippen molar-refractivity contribution in [2.75, 3.05) is 52.5 Å². The van der Waals surface area contributed by atoms with Crippen LogP contribution < -0.4 is 16.0 Å². The molecule has 13 heteroatoms. The van der Waals surface area contributed by atoms with Crippen molar-refractivity contribution in [3.63, 3.8) is 0 Å². The van der Waals surface area contributed by atoms with E-state index in [1.165, 1.54) is 4.90 Å². The van der Waals surface area contributed by atoms with E-state index in [4.69, 9.17) is 18.9 Å². The van der Waals surface area contributed by atoms with Crippen LogP contribution in [0.1, 0.15) is 71.6 Å². The lowest BCUT2D eigenvalue weighted by Crippen LogP contribution is -2.48. The Morgan fingerprint density at radius 2 is 1.41 bits per heavy atom. The summed E-state index contributed by atoms with van der Waals surface area (Å²) in [5.74, 6) is -0.996. The summed E-state index contributed by atoms with van der Waals surface area (Å²) in [6, 6.07) is 0. The zero-order valence-electron chi connectivity index (χ0n) is 24.6. The van der Waals surface area contributed by atoms with Gasteiger partial charge in [-0.15, -0.1) is 0 Å². The van der Waals surface area contributed by atoms with E-state index >= 15 is 0 Å². The molecule has 3 amide bonds. The number of carbonyl (C=O) groups excluding carboxylic acids is 4. The van der Waals surface area contributed by atoms with Crippen LogP contribution in [0.3, 0.4) is 0 Å². The Bertz CT molecular complexity index is 788. The van der Waals surface area contributed by atoms with E-state index in [0.717, 1.165) is 51.2 Å². The van der Waals surface area contributed by atoms with Gasteiger partial charge in [-0.3, -0.25) is 19.3 Å². The van der Waals surface area contributed by atoms with Gasteiger partial charge in [-0.25, -0.2) is 0 Å². The Morgan fingerprint density at radius 1 is 0.805 bits per heavy atom. The van der Waals surface area contributed by atoms with E-state index in [0.29, 0.717) is 26.0 Å². The highest BCUT2D eigenvalue weighted by atomic mass is 16.7. The summed E-state index contributed by atoms with van der Waals surface area (Å²) >= 11 is 0. The Balaban J connectivity index is 1.74. The second-order valence-corrected chi connectivity index (χ2v) is 10.7. The number of aldehydes is 1. The Kier molecular flexibility index (Phi) is 17.7. The fraction of sp³-hybridized carbons (Fsp3) is 0.857. The molecule has 0 aromatic rings. The smallest absolute Gasteiger partial charge is 0.234 e. The van der Waals surface area contributed by atoms with Crippen LogP contribution in [0.2, 0.25) is 0 Å². The van der Waals surface area contributed by atoms with Gasteiger partial charge >= 0.3 is 0 Å². The summed E-state index contributed by atoms with van der Waals surface area (Å²) in [6.07, 6.45) is 6.40. The monoisotopic (exact) mass is 586 g/mol. The number of carbonyl (C=O) groups is 4. The van der Waals surface area contributed by atoms with Crippen molar-refractivity contribution in [3.8, 4) is 0 Å². The summed E-state index contributed by atoms with van der Waals surface area (Å²) in [7, 11) is 0. The van der Waals surface area contributed by atoms with Gasteiger partial charge in [-0.05, 0) is 58.8 Å². The van der Waals surface area contributed by atoms with Crippen LogP contribution in [0.25, 0.3) is 0 Å². The largest absolute Gasteiger partial charge is 0.388 e. The molecule has 0 bridgehead atoms. The minimum absolute atomic E-state index is 0.00367. The lowest BCUT2D eigenvalue weighted by atomic mass is 10.1. The van der Waals surface area contributed by atoms with Gasteiger partial charge in [-0.1, -0.05) is 6.42 Å². The lowest BCUT2D eigenvalue weighted by Gasteiger charge is -2.31. The van der Waals surface area contributed by atoms with Gasteiger partial charge in [-0.2, -0.15) is 0 Å². The summed E-state index contributed by atoms with van der Waals surface area (Å²) in [5.41, 5.74) is 0. The molecular formula is C28H50N4O9. The van der Waals surface area contributed by atoms with Crippen LogP contribution >= 0.6 is 0 Å². The van der Waals surface area contributed by atoms with Crippen LogP contribution in [0.4, 0.5) is 0 Å². The second-order valence-electron chi connectivity index (χ2n) is 10.7. The summed E-state index contributed by atoms with van der Waals surface area (Å²) < 4.78 is 22.6. The minimum atomic E-state index is -0.727. The number of unbranched alkanes of at least 4 members (excludes halogenated alkanes) is 3. The third-order valence-corrected chi connectivity index (χ3v) is 6.84. The maximum atomic E-state index is 12.6. The standard InChI is InChI=1S/C28H50N4O9/c1-21-8-7-9-27(40-21)38-16-13-30-25(36)19-32(18-24(35)29-12-5-3-4-6-15-33)20-26(37)31-14-17-39-28-23(34)11-10-22(2)41-28/h15,21-23,27-28,34H,3-14,16-20H2,1-2H3,(H,29,35)(H,30,36)(H,31,37)/t21-,22-,23-,27+,28+/m0/s1. The van der Waals surface area contributed by atoms with Gasteiger partial charge in [0, 0.05) is 26.1 Å². The topological polar surface area (TPSA) is 165 Å². The number of nitrogens with one attached hydrogen (secondary N) is 3. The average molecular weight is 587 g/mol. The number of rotatable bonds is 20. The van der Waals surface area contributed by atoms with Crippen molar-refractivity contribution in [1.29, 1.82) is 0 Å². The number of nitrogens with zero attached hydrogens (tertiary/aromatic N) is 1. The van der Waals surface area contributed by atoms with Crippen molar-refractivity contribution in [3.05, 3.63) is 0 Å². The molecule has 2 rings (SSSR count). The third-order valence-electron chi connectivity index (χ3n) is 6.84. The SMILES string of the molecule is C[C@H]1CCC[C@H](OCCNC(=O)CN(CC(=O)NCCCCCC=O)CC(=O)NCCO[C@@H]2O[C@@H](C)CC[C@@H]2O)O1. The summed E-state index contributed by atoms with van der Waals surface area (Å²) in [4.78, 5) is 49.6. The van der Waals surface area contributed by atoms with Crippen LogP contribution in [-0.4, -0.2) is 117 Å². The molecular weight excluding hydrogens is 536 g/mol. The molecule has 2 heterocycles. The molecule has 13 nitrogen and oxygen atoms in total. The van der Waals surface area contributed by atoms with Crippen molar-refractivity contribution in [1.82, 2.24) is 20.9 Å². The Labute approximate surface area is 243 Å².